The first-order valence-electron chi connectivity index (χ1n) is 22.3. The number of likely N-dealkylation sites (tertiary alicyclic amines) is 1. The van der Waals surface area contributed by atoms with Crippen molar-refractivity contribution in [1.29, 1.82) is 0 Å². The average molecular weight is 880 g/mol. The molecule has 3 saturated heterocycles. The first kappa shape index (κ1) is 44.5. The molecule has 338 valence electrons. The van der Waals surface area contributed by atoms with Gasteiger partial charge in [0.25, 0.3) is 23.6 Å². The molecule has 16 nitrogen and oxygen atoms in total. The molecular formula is C47H54FN7O9. The van der Waals surface area contributed by atoms with Crippen LogP contribution in [0.4, 0.5) is 10.1 Å². The monoisotopic (exact) mass is 879 g/mol. The number of carbonyl (C=O) groups is 6. The number of anilines is 1. The van der Waals surface area contributed by atoms with E-state index >= 15 is 0 Å². The summed E-state index contributed by atoms with van der Waals surface area (Å²) in [6.07, 6.45) is 6.68. The molecule has 5 heterocycles. The van der Waals surface area contributed by atoms with Crippen molar-refractivity contribution in [3.05, 3.63) is 58.8 Å². The molecule has 4 aliphatic heterocycles. The Balaban J connectivity index is 0.798. The van der Waals surface area contributed by atoms with Crippen molar-refractivity contribution in [1.82, 2.24) is 25.4 Å². The van der Waals surface area contributed by atoms with Crippen molar-refractivity contribution < 1.29 is 47.4 Å². The summed E-state index contributed by atoms with van der Waals surface area (Å²) < 4.78 is 32.2. The first-order valence-corrected chi connectivity index (χ1v) is 22.3. The normalized spacial score (nSPS) is 25.1. The minimum atomic E-state index is -1.59. The predicted octanol–water partition coefficient (Wildman–Crippen LogP) is 3.74. The number of rotatable bonds is 14. The van der Waals surface area contributed by atoms with Crippen molar-refractivity contribution in [2.24, 2.45) is 23.5 Å². The Morgan fingerprint density at radius 1 is 1.00 bits per heavy atom. The predicted molar refractivity (Wildman–Crippen MR) is 232 cm³/mol. The van der Waals surface area contributed by atoms with Gasteiger partial charge in [-0.25, -0.2) is 9.37 Å². The fraction of sp³-hybridized carbons (Fsp3) is 0.511. The highest BCUT2D eigenvalue weighted by molar-refractivity contribution is 6.25. The molecule has 1 saturated carbocycles. The van der Waals surface area contributed by atoms with Crippen LogP contribution in [0.3, 0.4) is 0 Å². The highest BCUT2D eigenvalue weighted by Crippen LogP contribution is 2.36. The van der Waals surface area contributed by atoms with E-state index in [4.69, 9.17) is 19.9 Å². The smallest absolute Gasteiger partial charge is 0.264 e. The Labute approximate surface area is 370 Å². The van der Waals surface area contributed by atoms with Crippen molar-refractivity contribution in [2.45, 2.75) is 89.1 Å². The number of aromatic nitrogens is 1. The average Bonchev–Trinajstić information content (AvgIpc) is 3.72. The number of hydrogen-bond acceptors (Lipinski definition) is 12. The summed E-state index contributed by atoms with van der Waals surface area (Å²) >= 11 is 0. The van der Waals surface area contributed by atoms with E-state index in [2.05, 4.69) is 37.7 Å². The van der Waals surface area contributed by atoms with Gasteiger partial charge in [-0.15, -0.1) is 0 Å². The molecule has 1 aliphatic carbocycles. The zero-order valence-electron chi connectivity index (χ0n) is 36.1. The number of methoxy groups -OCH3 is 1. The van der Waals surface area contributed by atoms with Gasteiger partial charge in [-0.3, -0.25) is 39.0 Å². The number of ether oxygens (including phenoxy) is 3. The molecule has 17 heteroatoms. The van der Waals surface area contributed by atoms with Gasteiger partial charge in [0.05, 0.1) is 48.1 Å². The topological polar surface area (TPSA) is 212 Å². The minimum Gasteiger partial charge on any atom is -0.496 e. The molecule has 4 atom stereocenters. The van der Waals surface area contributed by atoms with E-state index in [1.54, 1.807) is 36.5 Å². The number of pyridine rings is 1. The number of piperidine rings is 2. The fourth-order valence-corrected chi connectivity index (χ4v) is 9.78. The van der Waals surface area contributed by atoms with Gasteiger partial charge in [0, 0.05) is 67.1 Å². The third-order valence-electron chi connectivity index (χ3n) is 13.3. The van der Waals surface area contributed by atoms with Gasteiger partial charge in [0.1, 0.15) is 18.4 Å². The lowest BCUT2D eigenvalue weighted by molar-refractivity contribution is -0.136. The number of benzene rings is 2. The fourth-order valence-electron chi connectivity index (χ4n) is 9.78. The van der Waals surface area contributed by atoms with Gasteiger partial charge in [-0.2, -0.15) is 0 Å². The van der Waals surface area contributed by atoms with Crippen LogP contribution < -0.4 is 31.2 Å². The molecule has 4 fully saturated rings. The molecule has 64 heavy (non-hydrogen) atoms. The van der Waals surface area contributed by atoms with Crippen LogP contribution in [-0.2, 0) is 19.1 Å². The largest absolute Gasteiger partial charge is 0.496 e. The molecule has 1 aromatic heterocycles. The zero-order valence-corrected chi connectivity index (χ0v) is 36.1. The quantitative estimate of drug-likeness (QED) is 0.104. The molecule has 1 unspecified atom stereocenters. The Morgan fingerprint density at radius 3 is 2.50 bits per heavy atom. The Bertz CT molecular complexity index is 2400. The lowest BCUT2D eigenvalue weighted by Gasteiger charge is -2.36. The minimum absolute atomic E-state index is 0.0235. The Morgan fingerprint density at radius 2 is 1.78 bits per heavy atom. The second kappa shape index (κ2) is 19.3. The number of hydrogen-bond donors (Lipinski definition) is 4. The molecule has 5 N–H and O–H groups in total. The molecule has 0 radical (unpaired) electrons. The Hall–Kier alpha value is -6.12. The highest BCUT2D eigenvalue weighted by Gasteiger charge is 2.46. The molecule has 6 amide bonds. The van der Waals surface area contributed by atoms with E-state index in [0.29, 0.717) is 47.5 Å². The van der Waals surface area contributed by atoms with Gasteiger partial charge >= 0.3 is 0 Å². The SMILES string of the molecule is CC[C@@H]1[C@H](F)C(=O)N[C@@H]1COc1ncc(C#CC2CCC(CN3CCC(OCCNc4cccc5c4C(=O)N(C4CCC(=O)NC4=O)C5=O)CC3)CC2)c2cc(C(N)=O)c(OC)cc12. The zero-order chi connectivity index (χ0) is 45.1. The number of nitrogens with zero attached hydrogens (tertiary/aromatic N) is 3. The van der Waals surface area contributed by atoms with Crippen LogP contribution >= 0.6 is 0 Å². The van der Waals surface area contributed by atoms with Crippen LogP contribution in [0.15, 0.2) is 36.5 Å². The molecule has 3 aromatic rings. The molecule has 2 aromatic carbocycles. The van der Waals surface area contributed by atoms with Crippen molar-refractivity contribution >= 4 is 51.9 Å². The van der Waals surface area contributed by atoms with E-state index in [-0.39, 0.29) is 59.8 Å². The van der Waals surface area contributed by atoms with Crippen LogP contribution in [0.1, 0.15) is 101 Å². The Kier molecular flexibility index (Phi) is 13.4. The number of fused-ring (bicyclic) bond motifs is 2. The number of carbonyl (C=O) groups excluding carboxylic acids is 6. The standard InChI is InChI=1S/C47H54FN7O9/c1-3-30-36(52-44(59)41(30)48)25-64-45-33-22-38(62-2)34(42(49)57)21-32(33)28(23-51-45)12-11-26-7-9-27(10-8-26)24-54-18-15-29(16-19-54)63-20-17-50-35-6-4-5-31-40(35)47(61)55(46(31)60)37-13-14-39(56)53-43(37)58/h4-6,21-23,26-27,29-30,36-37,41,50H,3,7-10,13-20,24-25H2,1-2H3,(H2,49,57)(H,52,59)(H,53,56,58)/t26?,27?,30-,36+,37?,41-/m0/s1. The lowest BCUT2D eigenvalue weighted by Crippen LogP contribution is -2.54. The molecule has 0 bridgehead atoms. The third kappa shape index (κ3) is 9.25. The maximum atomic E-state index is 14.4. The second-order valence-electron chi connectivity index (χ2n) is 17.3. The summed E-state index contributed by atoms with van der Waals surface area (Å²) in [5, 5.41) is 9.35. The van der Waals surface area contributed by atoms with E-state index in [0.717, 1.165) is 63.1 Å². The van der Waals surface area contributed by atoms with E-state index in [1.807, 2.05) is 6.92 Å². The summed E-state index contributed by atoms with van der Waals surface area (Å²) in [4.78, 5) is 83.1. The summed E-state index contributed by atoms with van der Waals surface area (Å²) in [5.41, 5.74) is 7.50. The van der Waals surface area contributed by atoms with Crippen LogP contribution in [0.5, 0.6) is 11.6 Å². The molecule has 8 rings (SSSR count). The van der Waals surface area contributed by atoms with E-state index in [9.17, 15) is 33.2 Å². The second-order valence-corrected chi connectivity index (χ2v) is 17.3. The number of alkyl halides is 1. The van der Waals surface area contributed by atoms with Gasteiger partial charge in [-0.1, -0.05) is 24.8 Å². The van der Waals surface area contributed by atoms with Crippen LogP contribution in [-0.4, -0.2) is 121 Å². The summed E-state index contributed by atoms with van der Waals surface area (Å²) in [7, 11) is 1.44. The number of imide groups is 2. The third-order valence-corrected chi connectivity index (χ3v) is 13.3. The van der Waals surface area contributed by atoms with E-state index < -0.39 is 59.6 Å². The van der Waals surface area contributed by atoms with Crippen molar-refractivity contribution in [3.63, 3.8) is 0 Å². The number of halogens is 1. The van der Waals surface area contributed by atoms with Crippen LogP contribution in [0.25, 0.3) is 10.8 Å². The van der Waals surface area contributed by atoms with Gasteiger partial charge in [0.2, 0.25) is 17.7 Å². The van der Waals surface area contributed by atoms with Crippen molar-refractivity contribution in [2.75, 3.05) is 51.8 Å². The van der Waals surface area contributed by atoms with E-state index in [1.165, 1.54) is 7.11 Å². The number of primary amides is 1. The van der Waals surface area contributed by atoms with Gasteiger partial charge in [-0.05, 0) is 81.5 Å². The van der Waals surface area contributed by atoms with Gasteiger partial charge < -0.3 is 35.5 Å². The van der Waals surface area contributed by atoms with Crippen LogP contribution in [0, 0.1) is 29.6 Å². The summed E-state index contributed by atoms with van der Waals surface area (Å²) in [5.74, 6) is 4.14. The number of nitrogens with two attached hydrogens (primary N) is 1. The number of amides is 6. The number of nitrogens with one attached hydrogen (secondary N) is 3. The maximum absolute atomic E-state index is 14.4. The highest BCUT2D eigenvalue weighted by atomic mass is 19.1. The molecule has 5 aliphatic rings. The van der Waals surface area contributed by atoms with Crippen LogP contribution in [0.2, 0.25) is 0 Å². The lowest BCUT2D eigenvalue weighted by atomic mass is 9.81. The van der Waals surface area contributed by atoms with Gasteiger partial charge in [0.15, 0.2) is 6.17 Å². The summed E-state index contributed by atoms with van der Waals surface area (Å²) in [6, 6.07) is 6.78. The van der Waals surface area contributed by atoms with Crippen molar-refractivity contribution in [3.8, 4) is 23.5 Å². The summed E-state index contributed by atoms with van der Waals surface area (Å²) in [6.45, 7) is 5.63. The first-order chi connectivity index (χ1) is 30.9. The molecular weight excluding hydrogens is 826 g/mol. The maximum Gasteiger partial charge on any atom is 0.264 e. The molecule has 0 spiro atoms.